The van der Waals surface area contributed by atoms with Crippen LogP contribution in [0.5, 0.6) is 0 Å². The molecular formula is C25H27F3N5O4+. The van der Waals surface area contributed by atoms with E-state index < -0.39 is 28.6 Å². The molecule has 0 saturated carbocycles. The number of primary amides is 1. The SMILES string of the molecule is CN(Cc1ccc(-n2cc3cccc(C(N)=O)c3n2)cc1)C(=O)C1CCC[N+](C)(OC(=O)C(F)(F)F)C1. The first-order valence-corrected chi connectivity index (χ1v) is 11.6. The number of hydrogen-bond donors (Lipinski definition) is 1. The molecule has 12 heteroatoms. The topological polar surface area (TPSA) is 108 Å². The van der Waals surface area contributed by atoms with Crippen LogP contribution in [-0.4, -0.2) is 70.5 Å². The highest BCUT2D eigenvalue weighted by molar-refractivity contribution is 6.04. The van der Waals surface area contributed by atoms with E-state index in [2.05, 4.69) is 9.94 Å². The number of benzene rings is 2. The van der Waals surface area contributed by atoms with Gasteiger partial charge in [0.2, 0.25) is 5.91 Å². The van der Waals surface area contributed by atoms with Crippen LogP contribution in [0.3, 0.4) is 0 Å². The predicted octanol–water partition coefficient (Wildman–Crippen LogP) is 2.96. The molecule has 1 fully saturated rings. The first-order chi connectivity index (χ1) is 17.4. The number of likely N-dealkylation sites (tertiary alicyclic amines) is 1. The van der Waals surface area contributed by atoms with Gasteiger partial charge < -0.3 is 10.6 Å². The Morgan fingerprint density at radius 2 is 1.89 bits per heavy atom. The summed E-state index contributed by atoms with van der Waals surface area (Å²) < 4.78 is 39.0. The van der Waals surface area contributed by atoms with Gasteiger partial charge in [-0.25, -0.2) is 9.48 Å². The third-order valence-electron chi connectivity index (χ3n) is 6.47. The number of hydroxylamine groups is 3. The van der Waals surface area contributed by atoms with Crippen molar-refractivity contribution in [2.24, 2.45) is 11.7 Å². The number of carbonyl (C=O) groups excluding carboxylic acids is 3. The Kier molecular flexibility index (Phi) is 6.96. The molecule has 3 aromatic rings. The van der Waals surface area contributed by atoms with E-state index in [4.69, 9.17) is 5.73 Å². The number of alkyl halides is 3. The Bertz CT molecular complexity index is 1340. The van der Waals surface area contributed by atoms with Gasteiger partial charge in [-0.1, -0.05) is 24.3 Å². The monoisotopic (exact) mass is 518 g/mol. The summed E-state index contributed by atoms with van der Waals surface area (Å²) >= 11 is 0. The normalized spacial score (nSPS) is 20.0. The summed E-state index contributed by atoms with van der Waals surface area (Å²) in [6.45, 7) is 0.471. The van der Waals surface area contributed by atoms with Crippen LogP contribution in [0.1, 0.15) is 28.8 Å². The van der Waals surface area contributed by atoms with Gasteiger partial charge in [-0.3, -0.25) is 14.4 Å². The van der Waals surface area contributed by atoms with Crippen molar-refractivity contribution in [3.8, 4) is 5.69 Å². The molecule has 2 N–H and O–H groups in total. The smallest absolute Gasteiger partial charge is 0.366 e. The van der Waals surface area contributed by atoms with Crippen molar-refractivity contribution in [1.82, 2.24) is 14.7 Å². The quantitative estimate of drug-likeness (QED) is 0.505. The number of hydrogen-bond acceptors (Lipinski definition) is 5. The number of nitrogens with zero attached hydrogens (tertiary/aromatic N) is 4. The number of aromatic nitrogens is 2. The van der Waals surface area contributed by atoms with Crippen molar-refractivity contribution in [3.05, 3.63) is 59.8 Å². The van der Waals surface area contributed by atoms with E-state index in [1.807, 2.05) is 30.3 Å². The molecule has 1 aromatic heterocycles. The molecule has 0 aliphatic carbocycles. The van der Waals surface area contributed by atoms with Crippen molar-refractivity contribution < 1.29 is 37.0 Å². The van der Waals surface area contributed by atoms with Gasteiger partial charge in [-0.2, -0.15) is 18.3 Å². The van der Waals surface area contributed by atoms with E-state index in [9.17, 15) is 27.6 Å². The standard InChI is InChI=1S/C25H26F3N5O4/c1-31(23(35)18-6-4-12-33(2,15-18)37-24(36)25(26,27)28)13-16-8-10-19(11-9-16)32-14-17-5-3-7-20(22(29)34)21(17)30-32/h3,5,7-11,14,18H,4,6,12-13,15H2,1-2H3,(H-,29,34)/p+1. The van der Waals surface area contributed by atoms with Crippen LogP contribution in [0.25, 0.3) is 16.6 Å². The molecule has 2 unspecified atom stereocenters. The number of carbonyl (C=O) groups is 3. The zero-order valence-corrected chi connectivity index (χ0v) is 20.4. The van der Waals surface area contributed by atoms with E-state index in [1.54, 1.807) is 30.1 Å². The van der Waals surface area contributed by atoms with Crippen molar-refractivity contribution in [1.29, 1.82) is 0 Å². The van der Waals surface area contributed by atoms with Crippen LogP contribution in [0.2, 0.25) is 0 Å². The lowest BCUT2D eigenvalue weighted by molar-refractivity contribution is -1.08. The molecular weight excluding hydrogens is 491 g/mol. The largest absolute Gasteiger partial charge is 0.497 e. The number of fused-ring (bicyclic) bond motifs is 1. The number of piperidine rings is 1. The van der Waals surface area contributed by atoms with Crippen LogP contribution < -0.4 is 5.73 Å². The van der Waals surface area contributed by atoms with E-state index in [0.29, 0.717) is 23.9 Å². The summed E-state index contributed by atoms with van der Waals surface area (Å²) in [6.07, 6.45) is -2.35. The van der Waals surface area contributed by atoms with Gasteiger partial charge in [-0.05, 0) is 30.2 Å². The van der Waals surface area contributed by atoms with Gasteiger partial charge in [-0.15, -0.1) is 4.65 Å². The molecule has 37 heavy (non-hydrogen) atoms. The van der Waals surface area contributed by atoms with Gasteiger partial charge in [0.1, 0.15) is 25.7 Å². The fourth-order valence-electron chi connectivity index (χ4n) is 4.65. The zero-order chi connectivity index (χ0) is 27.0. The number of quaternary nitrogens is 1. The van der Waals surface area contributed by atoms with Crippen LogP contribution in [0.15, 0.2) is 48.7 Å². The molecule has 196 valence electrons. The second-order valence-electron chi connectivity index (χ2n) is 9.46. The second-order valence-corrected chi connectivity index (χ2v) is 9.46. The summed E-state index contributed by atoms with van der Waals surface area (Å²) in [5, 5.41) is 5.24. The van der Waals surface area contributed by atoms with Gasteiger partial charge in [0.25, 0.3) is 5.91 Å². The minimum absolute atomic E-state index is 0.0237. The maximum atomic E-state index is 13.0. The summed E-state index contributed by atoms with van der Waals surface area (Å²) in [6, 6.07) is 12.5. The summed E-state index contributed by atoms with van der Waals surface area (Å²) in [5.74, 6) is -3.62. The molecule has 2 aromatic carbocycles. The Balaban J connectivity index is 1.42. The zero-order valence-electron chi connectivity index (χ0n) is 20.4. The molecule has 0 bridgehead atoms. The van der Waals surface area contributed by atoms with Crippen molar-refractivity contribution in [3.63, 3.8) is 0 Å². The van der Waals surface area contributed by atoms with Gasteiger partial charge >= 0.3 is 12.1 Å². The summed E-state index contributed by atoms with van der Waals surface area (Å²) in [5.41, 5.74) is 7.86. The molecule has 0 radical (unpaired) electrons. The second kappa shape index (κ2) is 9.85. The maximum Gasteiger partial charge on any atom is 0.497 e. The van der Waals surface area contributed by atoms with Crippen LogP contribution in [-0.2, 0) is 21.0 Å². The summed E-state index contributed by atoms with van der Waals surface area (Å²) in [4.78, 5) is 42.3. The van der Waals surface area contributed by atoms with E-state index in [0.717, 1.165) is 16.6 Å². The van der Waals surface area contributed by atoms with Crippen LogP contribution in [0, 0.1) is 5.92 Å². The maximum absolute atomic E-state index is 13.0. The molecule has 0 spiro atoms. The summed E-state index contributed by atoms with van der Waals surface area (Å²) in [7, 11) is 3.01. The van der Waals surface area contributed by atoms with Crippen molar-refractivity contribution in [2.75, 3.05) is 27.2 Å². The fourth-order valence-corrected chi connectivity index (χ4v) is 4.65. The molecule has 4 rings (SSSR count). The average molecular weight is 519 g/mol. The Morgan fingerprint density at radius 3 is 2.54 bits per heavy atom. The lowest BCUT2D eigenvalue weighted by Crippen LogP contribution is -2.56. The number of rotatable bonds is 6. The first kappa shape index (κ1) is 26.1. The fraction of sp³-hybridized carbons (Fsp3) is 0.360. The molecule has 9 nitrogen and oxygen atoms in total. The molecule has 2 amide bonds. The average Bonchev–Trinajstić information content (AvgIpc) is 3.27. The lowest BCUT2D eigenvalue weighted by atomic mass is 9.96. The third kappa shape index (κ3) is 5.74. The lowest BCUT2D eigenvalue weighted by Gasteiger charge is -2.38. The van der Waals surface area contributed by atoms with E-state index >= 15 is 0 Å². The van der Waals surface area contributed by atoms with Crippen LogP contribution >= 0.6 is 0 Å². The minimum atomic E-state index is -5.09. The number of halogens is 3. The highest BCUT2D eigenvalue weighted by Crippen LogP contribution is 2.27. The highest BCUT2D eigenvalue weighted by Gasteiger charge is 2.48. The number of amides is 2. The van der Waals surface area contributed by atoms with Gasteiger partial charge in [0.05, 0.1) is 17.2 Å². The first-order valence-electron chi connectivity index (χ1n) is 11.6. The Labute approximate surface area is 210 Å². The predicted molar refractivity (Wildman–Crippen MR) is 127 cm³/mol. The minimum Gasteiger partial charge on any atom is -0.366 e. The highest BCUT2D eigenvalue weighted by atomic mass is 19.4. The third-order valence-corrected chi connectivity index (χ3v) is 6.47. The van der Waals surface area contributed by atoms with Gasteiger partial charge in [0, 0.05) is 31.6 Å². The molecule has 2 atom stereocenters. The van der Waals surface area contributed by atoms with Crippen molar-refractivity contribution >= 4 is 28.7 Å². The van der Waals surface area contributed by atoms with E-state index in [1.165, 1.54) is 11.9 Å². The molecule has 2 heterocycles. The molecule has 1 aliphatic rings. The number of nitrogens with two attached hydrogens (primary N) is 1. The van der Waals surface area contributed by atoms with Gasteiger partial charge in [0.15, 0.2) is 0 Å². The van der Waals surface area contributed by atoms with E-state index in [-0.39, 0.29) is 25.5 Å². The Morgan fingerprint density at radius 1 is 1.19 bits per heavy atom. The van der Waals surface area contributed by atoms with Crippen LogP contribution in [0.4, 0.5) is 13.2 Å². The molecule has 1 saturated heterocycles. The molecule has 1 aliphatic heterocycles. The van der Waals surface area contributed by atoms with Crippen molar-refractivity contribution in [2.45, 2.75) is 25.6 Å². The Hall–Kier alpha value is -3.93.